The first-order valence-electron chi connectivity index (χ1n) is 8.08. The van der Waals surface area contributed by atoms with E-state index in [1.807, 2.05) is 0 Å². The minimum Gasteiger partial charge on any atom is -0.497 e. The zero-order valence-corrected chi connectivity index (χ0v) is 16.4. The SMILES string of the molecule is COc1ccc(S(=O)(=O)NC(C(=O)NCC(C)(C)C(=O)O)C(C)C)cc1. The van der Waals surface area contributed by atoms with Crippen molar-refractivity contribution in [1.82, 2.24) is 10.0 Å². The van der Waals surface area contributed by atoms with Gasteiger partial charge in [-0.15, -0.1) is 0 Å². The van der Waals surface area contributed by atoms with Crippen LogP contribution in [0.4, 0.5) is 0 Å². The Morgan fingerprint density at radius 3 is 2.15 bits per heavy atom. The van der Waals surface area contributed by atoms with E-state index >= 15 is 0 Å². The molecular formula is C17H26N2O6S. The van der Waals surface area contributed by atoms with Crippen molar-refractivity contribution in [3.8, 4) is 5.75 Å². The van der Waals surface area contributed by atoms with E-state index in [0.717, 1.165) is 0 Å². The Hall–Kier alpha value is -2.13. The monoisotopic (exact) mass is 386 g/mol. The average Bonchev–Trinajstić information content (AvgIpc) is 2.57. The van der Waals surface area contributed by atoms with Gasteiger partial charge in [0.05, 0.1) is 17.4 Å². The fraction of sp³-hybridized carbons (Fsp3) is 0.529. The molecule has 146 valence electrons. The third-order valence-electron chi connectivity index (χ3n) is 3.88. The molecule has 0 saturated heterocycles. The van der Waals surface area contributed by atoms with Crippen molar-refractivity contribution in [2.75, 3.05) is 13.7 Å². The summed E-state index contributed by atoms with van der Waals surface area (Å²) in [5.74, 6) is -1.46. The molecule has 0 saturated carbocycles. The van der Waals surface area contributed by atoms with Crippen molar-refractivity contribution in [1.29, 1.82) is 0 Å². The summed E-state index contributed by atoms with van der Waals surface area (Å²) in [5, 5.41) is 11.6. The van der Waals surface area contributed by atoms with Gasteiger partial charge in [0.2, 0.25) is 15.9 Å². The normalized spacial score (nSPS) is 13.3. The third-order valence-corrected chi connectivity index (χ3v) is 5.34. The largest absolute Gasteiger partial charge is 0.497 e. The van der Waals surface area contributed by atoms with Gasteiger partial charge in [-0.05, 0) is 44.0 Å². The number of aliphatic carboxylic acids is 1. The molecule has 0 bridgehead atoms. The highest BCUT2D eigenvalue weighted by Crippen LogP contribution is 2.17. The fourth-order valence-electron chi connectivity index (χ4n) is 1.98. The van der Waals surface area contributed by atoms with E-state index in [9.17, 15) is 18.0 Å². The Balaban J connectivity index is 2.92. The van der Waals surface area contributed by atoms with Crippen molar-refractivity contribution < 1.29 is 27.9 Å². The number of methoxy groups -OCH3 is 1. The second-order valence-electron chi connectivity index (χ2n) is 6.93. The minimum absolute atomic E-state index is 0.00242. The van der Waals surface area contributed by atoms with Gasteiger partial charge in [-0.3, -0.25) is 9.59 Å². The number of carboxylic acid groups (broad SMARTS) is 1. The minimum atomic E-state index is -3.93. The molecule has 1 amide bonds. The number of carbonyl (C=O) groups is 2. The molecule has 0 spiro atoms. The number of hydrogen-bond donors (Lipinski definition) is 3. The summed E-state index contributed by atoms with van der Waals surface area (Å²) < 4.78 is 32.4. The summed E-state index contributed by atoms with van der Waals surface area (Å²) in [6, 6.07) is 4.74. The van der Waals surface area contributed by atoms with E-state index in [2.05, 4.69) is 10.0 Å². The van der Waals surface area contributed by atoms with Crippen LogP contribution in [0, 0.1) is 11.3 Å². The van der Waals surface area contributed by atoms with Crippen LogP contribution in [0.2, 0.25) is 0 Å². The molecule has 1 aromatic carbocycles. The van der Waals surface area contributed by atoms with Gasteiger partial charge in [0, 0.05) is 6.54 Å². The van der Waals surface area contributed by atoms with Gasteiger partial charge in [-0.1, -0.05) is 13.8 Å². The van der Waals surface area contributed by atoms with Gasteiger partial charge < -0.3 is 15.2 Å². The Labute approximate surface area is 154 Å². The van der Waals surface area contributed by atoms with Crippen LogP contribution in [0.1, 0.15) is 27.7 Å². The molecule has 9 heteroatoms. The lowest BCUT2D eigenvalue weighted by Gasteiger charge is -2.25. The van der Waals surface area contributed by atoms with Gasteiger partial charge >= 0.3 is 5.97 Å². The van der Waals surface area contributed by atoms with E-state index in [4.69, 9.17) is 9.84 Å². The number of carbonyl (C=O) groups excluding carboxylic acids is 1. The maximum atomic E-state index is 12.5. The quantitative estimate of drug-likeness (QED) is 0.587. The lowest BCUT2D eigenvalue weighted by Crippen LogP contribution is -2.51. The highest BCUT2D eigenvalue weighted by atomic mass is 32.2. The Kier molecular flexibility index (Phi) is 7.16. The smallest absolute Gasteiger partial charge is 0.310 e. The Morgan fingerprint density at radius 1 is 1.19 bits per heavy atom. The molecule has 0 aliphatic carbocycles. The molecule has 0 aliphatic heterocycles. The summed E-state index contributed by atoms with van der Waals surface area (Å²) >= 11 is 0. The molecule has 0 heterocycles. The van der Waals surface area contributed by atoms with Crippen molar-refractivity contribution in [3.05, 3.63) is 24.3 Å². The van der Waals surface area contributed by atoms with Crippen LogP contribution >= 0.6 is 0 Å². The average molecular weight is 386 g/mol. The summed E-state index contributed by atoms with van der Waals surface area (Å²) in [7, 11) is -2.46. The van der Waals surface area contributed by atoms with E-state index in [1.165, 1.54) is 45.2 Å². The number of hydrogen-bond acceptors (Lipinski definition) is 5. The van der Waals surface area contributed by atoms with E-state index in [1.54, 1.807) is 13.8 Å². The third kappa shape index (κ3) is 5.70. The summed E-state index contributed by atoms with van der Waals surface area (Å²) in [6.07, 6.45) is 0. The van der Waals surface area contributed by atoms with Crippen LogP contribution in [0.5, 0.6) is 5.75 Å². The van der Waals surface area contributed by atoms with Crippen LogP contribution < -0.4 is 14.8 Å². The van der Waals surface area contributed by atoms with E-state index < -0.39 is 33.4 Å². The second-order valence-corrected chi connectivity index (χ2v) is 8.64. The summed E-state index contributed by atoms with van der Waals surface area (Å²) in [4.78, 5) is 23.5. The molecule has 0 aliphatic rings. The molecule has 0 aromatic heterocycles. The molecule has 1 aromatic rings. The number of rotatable bonds is 9. The van der Waals surface area contributed by atoms with Gasteiger partial charge in [0.1, 0.15) is 11.8 Å². The van der Waals surface area contributed by atoms with Gasteiger partial charge in [-0.2, -0.15) is 4.72 Å². The van der Waals surface area contributed by atoms with Crippen molar-refractivity contribution in [2.45, 2.75) is 38.6 Å². The van der Waals surface area contributed by atoms with Crippen molar-refractivity contribution in [3.63, 3.8) is 0 Å². The fourth-order valence-corrected chi connectivity index (χ4v) is 3.32. The molecule has 1 atom stereocenters. The predicted octanol–water partition coefficient (Wildman–Crippen LogP) is 1.23. The van der Waals surface area contributed by atoms with Crippen LogP contribution in [0.15, 0.2) is 29.2 Å². The lowest BCUT2D eigenvalue weighted by molar-refractivity contribution is -0.146. The molecule has 1 rings (SSSR count). The predicted molar refractivity (Wildman–Crippen MR) is 96.4 cm³/mol. The highest BCUT2D eigenvalue weighted by Gasteiger charge is 2.32. The first-order valence-corrected chi connectivity index (χ1v) is 9.56. The van der Waals surface area contributed by atoms with Crippen LogP contribution in [-0.4, -0.2) is 45.1 Å². The number of amides is 1. The molecule has 0 radical (unpaired) electrons. The lowest BCUT2D eigenvalue weighted by atomic mass is 9.93. The molecule has 0 fully saturated rings. The van der Waals surface area contributed by atoms with E-state index in [-0.39, 0.29) is 17.4 Å². The molecule has 8 nitrogen and oxygen atoms in total. The Morgan fingerprint density at radius 2 is 1.73 bits per heavy atom. The van der Waals surface area contributed by atoms with Crippen molar-refractivity contribution >= 4 is 21.9 Å². The van der Waals surface area contributed by atoms with Crippen LogP contribution in [0.3, 0.4) is 0 Å². The molecule has 26 heavy (non-hydrogen) atoms. The first kappa shape index (κ1) is 21.9. The number of benzene rings is 1. The van der Waals surface area contributed by atoms with Gasteiger partial charge in [0.25, 0.3) is 0 Å². The standard InChI is InChI=1S/C17H26N2O6S/c1-11(2)14(15(20)18-10-17(3,4)16(21)22)19-26(23,24)13-8-6-12(25-5)7-9-13/h6-9,11,14,19H,10H2,1-5H3,(H,18,20)(H,21,22). The topological polar surface area (TPSA) is 122 Å². The van der Waals surface area contributed by atoms with Gasteiger partial charge in [-0.25, -0.2) is 8.42 Å². The zero-order valence-electron chi connectivity index (χ0n) is 15.6. The number of ether oxygens (including phenoxy) is 1. The summed E-state index contributed by atoms with van der Waals surface area (Å²) in [5.41, 5.74) is -1.16. The maximum absolute atomic E-state index is 12.5. The van der Waals surface area contributed by atoms with Gasteiger partial charge in [0.15, 0.2) is 0 Å². The molecule has 1 unspecified atom stereocenters. The zero-order chi connectivity index (χ0) is 20.1. The number of carboxylic acids is 1. The van der Waals surface area contributed by atoms with Crippen LogP contribution in [-0.2, 0) is 19.6 Å². The van der Waals surface area contributed by atoms with Crippen molar-refractivity contribution in [2.24, 2.45) is 11.3 Å². The summed E-state index contributed by atoms with van der Waals surface area (Å²) in [6.45, 7) is 6.23. The molecular weight excluding hydrogens is 360 g/mol. The number of nitrogens with one attached hydrogen (secondary N) is 2. The first-order chi connectivity index (χ1) is 11.9. The van der Waals surface area contributed by atoms with E-state index in [0.29, 0.717) is 5.75 Å². The van der Waals surface area contributed by atoms with Crippen LogP contribution in [0.25, 0.3) is 0 Å². The Bertz CT molecular complexity index is 741. The highest BCUT2D eigenvalue weighted by molar-refractivity contribution is 7.89. The number of sulfonamides is 1. The molecule has 3 N–H and O–H groups in total. The second kappa shape index (κ2) is 8.50. The maximum Gasteiger partial charge on any atom is 0.310 e.